The largest absolute Gasteiger partial charge is 0.469 e. The van der Waals surface area contributed by atoms with Crippen molar-refractivity contribution in [3.63, 3.8) is 0 Å². The van der Waals surface area contributed by atoms with E-state index in [-0.39, 0.29) is 11.9 Å². The van der Waals surface area contributed by atoms with Gasteiger partial charge in [0.05, 0.1) is 18.6 Å². The molecule has 1 aliphatic carbocycles. The third kappa shape index (κ3) is 2.01. The molecule has 0 spiro atoms. The number of carbonyl (C=O) groups is 1. The van der Waals surface area contributed by atoms with Crippen LogP contribution in [0, 0.1) is 11.8 Å². The van der Waals surface area contributed by atoms with Gasteiger partial charge in [0.1, 0.15) is 0 Å². The van der Waals surface area contributed by atoms with Crippen molar-refractivity contribution in [3.05, 3.63) is 0 Å². The molecule has 1 heterocycles. The highest BCUT2D eigenvalue weighted by Gasteiger charge is 2.51. The van der Waals surface area contributed by atoms with Crippen LogP contribution < -0.4 is 5.32 Å². The van der Waals surface area contributed by atoms with E-state index < -0.39 is 5.60 Å². The van der Waals surface area contributed by atoms with Gasteiger partial charge in [0.15, 0.2) is 0 Å². The van der Waals surface area contributed by atoms with E-state index >= 15 is 0 Å². The van der Waals surface area contributed by atoms with E-state index in [0.29, 0.717) is 18.8 Å². The minimum absolute atomic E-state index is 0.0742. The monoisotopic (exact) mass is 213 g/mol. The second kappa shape index (κ2) is 4.10. The molecule has 0 aromatic heterocycles. The minimum atomic E-state index is -0.596. The van der Waals surface area contributed by atoms with E-state index in [1.54, 1.807) is 0 Å². The zero-order valence-electron chi connectivity index (χ0n) is 9.16. The zero-order chi connectivity index (χ0) is 10.9. The van der Waals surface area contributed by atoms with Crippen molar-refractivity contribution >= 4 is 5.97 Å². The average molecular weight is 213 g/mol. The molecule has 2 N–H and O–H groups in total. The van der Waals surface area contributed by atoms with Gasteiger partial charge in [0, 0.05) is 0 Å². The van der Waals surface area contributed by atoms with Crippen molar-refractivity contribution < 1.29 is 14.6 Å². The molecule has 0 aromatic rings. The molecule has 2 rings (SSSR count). The first kappa shape index (κ1) is 10.9. The van der Waals surface area contributed by atoms with E-state index in [1.807, 2.05) is 0 Å². The third-order valence-electron chi connectivity index (χ3n) is 3.83. The van der Waals surface area contributed by atoms with Gasteiger partial charge in [0.2, 0.25) is 0 Å². The van der Waals surface area contributed by atoms with Crippen molar-refractivity contribution in [2.45, 2.75) is 31.3 Å². The number of aliphatic hydroxyl groups is 1. The fourth-order valence-electron chi connectivity index (χ4n) is 2.82. The minimum Gasteiger partial charge on any atom is -0.469 e. The Morgan fingerprint density at radius 2 is 2.00 bits per heavy atom. The quantitative estimate of drug-likeness (QED) is 0.648. The molecular weight excluding hydrogens is 194 g/mol. The first-order valence-corrected chi connectivity index (χ1v) is 5.66. The van der Waals surface area contributed by atoms with Gasteiger partial charge < -0.3 is 15.2 Å². The number of methoxy groups -OCH3 is 1. The van der Waals surface area contributed by atoms with Gasteiger partial charge in [-0.25, -0.2) is 0 Å². The molecule has 0 aromatic carbocycles. The van der Waals surface area contributed by atoms with Crippen LogP contribution in [0.4, 0.5) is 0 Å². The highest BCUT2D eigenvalue weighted by Crippen LogP contribution is 2.46. The molecule has 1 saturated heterocycles. The highest BCUT2D eigenvalue weighted by atomic mass is 16.5. The number of rotatable bonds is 2. The average Bonchev–Trinajstić information content (AvgIpc) is 2.25. The fourth-order valence-corrected chi connectivity index (χ4v) is 2.82. The summed E-state index contributed by atoms with van der Waals surface area (Å²) in [7, 11) is 1.41. The lowest BCUT2D eigenvalue weighted by Gasteiger charge is -2.48. The summed E-state index contributed by atoms with van der Waals surface area (Å²) in [6.45, 7) is 1.96. The zero-order valence-corrected chi connectivity index (χ0v) is 9.16. The molecule has 1 aliphatic heterocycles. The Kier molecular flexibility index (Phi) is 2.98. The lowest BCUT2D eigenvalue weighted by atomic mass is 9.62. The maximum absolute atomic E-state index is 11.2. The first-order valence-electron chi connectivity index (χ1n) is 5.66. The molecule has 0 amide bonds. The van der Waals surface area contributed by atoms with Crippen LogP contribution in [-0.2, 0) is 9.53 Å². The summed E-state index contributed by atoms with van der Waals surface area (Å²) in [4.78, 5) is 11.2. The normalized spacial score (nSPS) is 37.1. The molecule has 4 nitrogen and oxygen atoms in total. The molecular formula is C11H19NO3. The Morgan fingerprint density at radius 3 is 2.53 bits per heavy atom. The van der Waals surface area contributed by atoms with Gasteiger partial charge in [-0.05, 0) is 44.7 Å². The summed E-state index contributed by atoms with van der Waals surface area (Å²) in [6.07, 6.45) is 3.21. The van der Waals surface area contributed by atoms with E-state index in [4.69, 9.17) is 0 Å². The molecule has 15 heavy (non-hydrogen) atoms. The molecule has 0 bridgehead atoms. The first-order chi connectivity index (χ1) is 7.15. The second-order valence-electron chi connectivity index (χ2n) is 4.76. The Bertz CT molecular complexity index is 242. The molecule has 4 heteroatoms. The Labute approximate surface area is 90.0 Å². The second-order valence-corrected chi connectivity index (χ2v) is 4.76. The molecule has 0 atom stereocenters. The Balaban J connectivity index is 1.86. The number of hydrogen-bond donors (Lipinski definition) is 2. The fraction of sp³-hybridized carbons (Fsp3) is 0.909. The van der Waals surface area contributed by atoms with E-state index in [0.717, 1.165) is 25.9 Å². The van der Waals surface area contributed by atoms with Gasteiger partial charge in [-0.1, -0.05) is 0 Å². The van der Waals surface area contributed by atoms with Crippen LogP contribution in [0.5, 0.6) is 0 Å². The molecule has 2 fully saturated rings. The molecule has 1 saturated carbocycles. The summed E-state index contributed by atoms with van der Waals surface area (Å²) in [5, 5.41) is 13.6. The number of nitrogens with one attached hydrogen (secondary N) is 1. The van der Waals surface area contributed by atoms with E-state index in [9.17, 15) is 9.90 Å². The van der Waals surface area contributed by atoms with Gasteiger partial charge in [-0.3, -0.25) is 4.79 Å². The molecule has 2 aliphatic rings. The van der Waals surface area contributed by atoms with Crippen molar-refractivity contribution in [3.8, 4) is 0 Å². The van der Waals surface area contributed by atoms with Gasteiger partial charge in [0.25, 0.3) is 0 Å². The van der Waals surface area contributed by atoms with Crippen molar-refractivity contribution in [1.82, 2.24) is 5.32 Å². The van der Waals surface area contributed by atoms with E-state index in [1.165, 1.54) is 7.11 Å². The van der Waals surface area contributed by atoms with Crippen LogP contribution in [0.2, 0.25) is 0 Å². The van der Waals surface area contributed by atoms with Gasteiger partial charge in [-0.15, -0.1) is 0 Å². The lowest BCUT2D eigenvalue weighted by molar-refractivity contribution is -0.171. The molecule has 0 unspecified atom stereocenters. The topological polar surface area (TPSA) is 58.6 Å². The summed E-state index contributed by atoms with van der Waals surface area (Å²) >= 11 is 0. The van der Waals surface area contributed by atoms with Crippen LogP contribution in [0.3, 0.4) is 0 Å². The molecule has 86 valence electrons. The van der Waals surface area contributed by atoms with Gasteiger partial charge >= 0.3 is 5.97 Å². The predicted octanol–water partition coefficient (Wildman–Crippen LogP) is 0.300. The molecule has 0 radical (unpaired) electrons. The third-order valence-corrected chi connectivity index (χ3v) is 3.83. The summed E-state index contributed by atoms with van der Waals surface area (Å²) in [5.74, 6) is 0.114. The summed E-state index contributed by atoms with van der Waals surface area (Å²) < 4.78 is 4.67. The highest BCUT2D eigenvalue weighted by molar-refractivity contribution is 5.73. The Hall–Kier alpha value is -0.610. The van der Waals surface area contributed by atoms with Gasteiger partial charge in [-0.2, -0.15) is 0 Å². The van der Waals surface area contributed by atoms with Crippen molar-refractivity contribution in [2.75, 3.05) is 20.2 Å². The predicted molar refractivity (Wildman–Crippen MR) is 55.3 cm³/mol. The maximum Gasteiger partial charge on any atom is 0.308 e. The SMILES string of the molecule is COC(=O)C1CC(O)(C2CCNCC2)C1. The Morgan fingerprint density at radius 1 is 1.40 bits per heavy atom. The van der Waals surface area contributed by atoms with E-state index in [2.05, 4.69) is 10.1 Å². The summed E-state index contributed by atoms with van der Waals surface area (Å²) in [6, 6.07) is 0. The number of hydrogen-bond acceptors (Lipinski definition) is 4. The van der Waals surface area contributed by atoms with Crippen LogP contribution in [0.15, 0.2) is 0 Å². The number of esters is 1. The number of piperidine rings is 1. The van der Waals surface area contributed by atoms with Crippen molar-refractivity contribution in [2.24, 2.45) is 11.8 Å². The summed E-state index contributed by atoms with van der Waals surface area (Å²) in [5.41, 5.74) is -0.596. The van der Waals surface area contributed by atoms with Crippen molar-refractivity contribution in [1.29, 1.82) is 0 Å². The van der Waals surface area contributed by atoms with Crippen LogP contribution in [0.25, 0.3) is 0 Å². The van der Waals surface area contributed by atoms with Crippen LogP contribution in [0.1, 0.15) is 25.7 Å². The van der Waals surface area contributed by atoms with Crippen LogP contribution >= 0.6 is 0 Å². The van der Waals surface area contributed by atoms with Crippen LogP contribution in [-0.4, -0.2) is 36.9 Å². The number of ether oxygens (including phenoxy) is 1. The standard InChI is InChI=1S/C11H19NO3/c1-15-10(13)8-6-11(14,7-8)9-2-4-12-5-3-9/h8-9,12,14H,2-7H2,1H3. The smallest absolute Gasteiger partial charge is 0.308 e. The lowest BCUT2D eigenvalue weighted by Crippen LogP contribution is -2.54. The maximum atomic E-state index is 11.2. The number of carbonyl (C=O) groups excluding carboxylic acids is 1.